The number of halogens is 2. The van der Waals surface area contributed by atoms with E-state index in [0.717, 1.165) is 0 Å². The normalized spacial score (nSPS) is 12.1. The summed E-state index contributed by atoms with van der Waals surface area (Å²) in [4.78, 5) is 27.4. The maximum Gasteiger partial charge on any atom is 0.328 e. The molecule has 0 radical (unpaired) electrons. The lowest BCUT2D eigenvalue weighted by Gasteiger charge is -2.20. The van der Waals surface area contributed by atoms with Crippen molar-refractivity contribution in [2.75, 3.05) is 7.11 Å². The van der Waals surface area contributed by atoms with E-state index in [1.807, 2.05) is 0 Å². The van der Waals surface area contributed by atoms with Gasteiger partial charge in [-0.05, 0) is 12.0 Å². The van der Waals surface area contributed by atoms with Crippen LogP contribution in [-0.4, -0.2) is 30.0 Å². The largest absolute Gasteiger partial charge is 0.467 e. The Kier molecular flexibility index (Phi) is 5.57. The summed E-state index contributed by atoms with van der Waals surface area (Å²) in [5.74, 6) is -1.13. The molecule has 1 amide bonds. The van der Waals surface area contributed by atoms with Gasteiger partial charge >= 0.3 is 5.97 Å². The van der Waals surface area contributed by atoms with Crippen molar-refractivity contribution in [1.29, 1.82) is 0 Å². The van der Waals surface area contributed by atoms with Crippen molar-refractivity contribution in [3.05, 3.63) is 28.0 Å². The van der Waals surface area contributed by atoms with E-state index in [0.29, 0.717) is 0 Å². The van der Waals surface area contributed by atoms with Crippen LogP contribution < -0.4 is 5.32 Å². The fourth-order valence-electron chi connectivity index (χ4n) is 1.43. The molecule has 0 aliphatic carbocycles. The SMILES string of the molecule is COC(=O)[C@@H](NC(=O)c1cc(Cl)ncc1Cl)C(C)C. The summed E-state index contributed by atoms with van der Waals surface area (Å²) in [6.07, 6.45) is 1.28. The highest BCUT2D eigenvalue weighted by molar-refractivity contribution is 6.35. The summed E-state index contributed by atoms with van der Waals surface area (Å²) in [6.45, 7) is 3.59. The van der Waals surface area contributed by atoms with Crippen LogP contribution in [0.4, 0.5) is 0 Å². The standard InChI is InChI=1S/C12H14Cl2N2O3/c1-6(2)10(12(18)19-3)16-11(17)7-4-9(14)15-5-8(7)13/h4-6,10H,1-3H3,(H,16,17)/t10-/m0/s1. The fourth-order valence-corrected chi connectivity index (χ4v) is 1.78. The molecule has 0 bridgehead atoms. The zero-order valence-corrected chi connectivity index (χ0v) is 12.2. The van der Waals surface area contributed by atoms with Crippen LogP contribution in [-0.2, 0) is 9.53 Å². The molecule has 0 aliphatic heterocycles. The van der Waals surface area contributed by atoms with E-state index in [9.17, 15) is 9.59 Å². The minimum absolute atomic E-state index is 0.118. The van der Waals surface area contributed by atoms with Gasteiger partial charge in [0.15, 0.2) is 0 Å². The second kappa shape index (κ2) is 6.73. The first-order valence-corrected chi connectivity index (χ1v) is 6.32. The number of methoxy groups -OCH3 is 1. The summed E-state index contributed by atoms with van der Waals surface area (Å²) in [5.41, 5.74) is 0.163. The van der Waals surface area contributed by atoms with Gasteiger partial charge in [0.1, 0.15) is 11.2 Å². The summed E-state index contributed by atoms with van der Waals surface area (Å²) in [7, 11) is 1.26. The first kappa shape index (κ1) is 15.7. The highest BCUT2D eigenvalue weighted by atomic mass is 35.5. The van der Waals surface area contributed by atoms with E-state index in [-0.39, 0.29) is 21.7 Å². The number of nitrogens with zero attached hydrogens (tertiary/aromatic N) is 1. The predicted molar refractivity (Wildman–Crippen MR) is 72.4 cm³/mol. The Morgan fingerprint density at radius 3 is 2.53 bits per heavy atom. The molecule has 1 heterocycles. The van der Waals surface area contributed by atoms with E-state index in [1.54, 1.807) is 13.8 Å². The minimum atomic E-state index is -0.750. The highest BCUT2D eigenvalue weighted by Crippen LogP contribution is 2.18. The third-order valence-corrected chi connectivity index (χ3v) is 2.98. The van der Waals surface area contributed by atoms with Gasteiger partial charge in [0.2, 0.25) is 0 Å². The number of carbonyl (C=O) groups excluding carboxylic acids is 2. The number of esters is 1. The Morgan fingerprint density at radius 2 is 2.00 bits per heavy atom. The van der Waals surface area contributed by atoms with Crippen molar-refractivity contribution in [3.63, 3.8) is 0 Å². The topological polar surface area (TPSA) is 68.3 Å². The van der Waals surface area contributed by atoms with Crippen LogP contribution in [0.1, 0.15) is 24.2 Å². The van der Waals surface area contributed by atoms with Gasteiger partial charge in [0, 0.05) is 6.20 Å². The van der Waals surface area contributed by atoms with Gasteiger partial charge < -0.3 is 10.1 Å². The number of nitrogens with one attached hydrogen (secondary N) is 1. The Bertz CT molecular complexity index is 492. The van der Waals surface area contributed by atoms with Crippen molar-refractivity contribution in [1.82, 2.24) is 10.3 Å². The summed E-state index contributed by atoms with van der Waals surface area (Å²) in [6, 6.07) is 0.592. The van der Waals surface area contributed by atoms with Crippen molar-refractivity contribution >= 4 is 35.1 Å². The molecule has 0 aliphatic rings. The molecular formula is C12H14Cl2N2O3. The number of carbonyl (C=O) groups is 2. The van der Waals surface area contributed by atoms with E-state index < -0.39 is 17.9 Å². The first-order chi connectivity index (χ1) is 8.86. The fraction of sp³-hybridized carbons (Fsp3) is 0.417. The number of ether oxygens (including phenoxy) is 1. The molecule has 1 aromatic heterocycles. The predicted octanol–water partition coefficient (Wildman–Crippen LogP) is 2.32. The number of hydrogen-bond acceptors (Lipinski definition) is 4. The van der Waals surface area contributed by atoms with Gasteiger partial charge in [-0.1, -0.05) is 37.0 Å². The van der Waals surface area contributed by atoms with Crippen LogP contribution in [0.3, 0.4) is 0 Å². The zero-order valence-electron chi connectivity index (χ0n) is 10.7. The first-order valence-electron chi connectivity index (χ1n) is 5.56. The number of hydrogen-bond donors (Lipinski definition) is 1. The summed E-state index contributed by atoms with van der Waals surface area (Å²) >= 11 is 11.6. The molecule has 0 fully saturated rings. The molecular weight excluding hydrogens is 291 g/mol. The number of amides is 1. The van der Waals surface area contributed by atoms with E-state index in [2.05, 4.69) is 15.0 Å². The van der Waals surface area contributed by atoms with Crippen LogP contribution in [0.5, 0.6) is 0 Å². The molecule has 7 heteroatoms. The maximum absolute atomic E-state index is 12.1. The Morgan fingerprint density at radius 1 is 1.37 bits per heavy atom. The van der Waals surface area contributed by atoms with Crippen LogP contribution >= 0.6 is 23.2 Å². The van der Waals surface area contributed by atoms with Crippen LogP contribution in [0.2, 0.25) is 10.2 Å². The monoisotopic (exact) mass is 304 g/mol. The molecule has 19 heavy (non-hydrogen) atoms. The Labute approximate surface area is 121 Å². The summed E-state index contributed by atoms with van der Waals surface area (Å²) in [5, 5.41) is 2.88. The van der Waals surface area contributed by atoms with Crippen molar-refractivity contribution < 1.29 is 14.3 Å². The third kappa shape index (κ3) is 4.08. The van der Waals surface area contributed by atoms with Crippen LogP contribution in [0.15, 0.2) is 12.3 Å². The van der Waals surface area contributed by atoms with Crippen molar-refractivity contribution in [2.45, 2.75) is 19.9 Å². The van der Waals surface area contributed by atoms with Gasteiger partial charge in [-0.15, -0.1) is 0 Å². The molecule has 1 rings (SSSR count). The number of rotatable bonds is 4. The molecule has 0 saturated carbocycles. The molecule has 0 aromatic carbocycles. The van der Waals surface area contributed by atoms with E-state index in [1.165, 1.54) is 19.4 Å². The van der Waals surface area contributed by atoms with Gasteiger partial charge in [0.25, 0.3) is 5.91 Å². The second-order valence-corrected chi connectivity index (χ2v) is 5.00. The van der Waals surface area contributed by atoms with Gasteiger partial charge in [-0.25, -0.2) is 9.78 Å². The van der Waals surface area contributed by atoms with Crippen molar-refractivity contribution in [2.24, 2.45) is 5.92 Å². The maximum atomic E-state index is 12.1. The average molecular weight is 305 g/mol. The molecule has 0 unspecified atom stereocenters. The number of aromatic nitrogens is 1. The lowest BCUT2D eigenvalue weighted by Crippen LogP contribution is -2.45. The molecule has 0 spiro atoms. The molecule has 1 aromatic rings. The number of pyridine rings is 1. The third-order valence-electron chi connectivity index (χ3n) is 2.47. The molecule has 1 atom stereocenters. The molecule has 1 N–H and O–H groups in total. The van der Waals surface area contributed by atoms with Crippen LogP contribution in [0, 0.1) is 5.92 Å². The molecule has 104 valence electrons. The lowest BCUT2D eigenvalue weighted by atomic mass is 10.0. The Hall–Kier alpha value is -1.33. The van der Waals surface area contributed by atoms with Gasteiger partial charge in [-0.3, -0.25) is 4.79 Å². The Balaban J connectivity index is 2.94. The quantitative estimate of drug-likeness (QED) is 0.684. The zero-order chi connectivity index (χ0) is 14.6. The van der Waals surface area contributed by atoms with E-state index in [4.69, 9.17) is 23.2 Å². The molecule has 0 saturated heterocycles. The van der Waals surface area contributed by atoms with Crippen LogP contribution in [0.25, 0.3) is 0 Å². The van der Waals surface area contributed by atoms with Gasteiger partial charge in [-0.2, -0.15) is 0 Å². The van der Waals surface area contributed by atoms with Gasteiger partial charge in [0.05, 0.1) is 17.7 Å². The summed E-state index contributed by atoms with van der Waals surface area (Å²) < 4.78 is 4.64. The highest BCUT2D eigenvalue weighted by Gasteiger charge is 2.26. The van der Waals surface area contributed by atoms with E-state index >= 15 is 0 Å². The lowest BCUT2D eigenvalue weighted by molar-refractivity contribution is -0.144. The second-order valence-electron chi connectivity index (χ2n) is 4.21. The smallest absolute Gasteiger partial charge is 0.328 e. The average Bonchev–Trinajstić information content (AvgIpc) is 2.37. The van der Waals surface area contributed by atoms with Crippen molar-refractivity contribution in [3.8, 4) is 0 Å². The minimum Gasteiger partial charge on any atom is -0.467 e. The molecule has 5 nitrogen and oxygen atoms in total.